The highest BCUT2D eigenvalue weighted by Crippen LogP contribution is 2.49. The van der Waals surface area contributed by atoms with Gasteiger partial charge in [0.1, 0.15) is 43.2 Å². The molecule has 0 bridgehead atoms. The van der Waals surface area contributed by atoms with E-state index in [1.165, 1.54) is 64.2 Å². The largest absolute Gasteiger partial charge is 0.472 e. The van der Waals surface area contributed by atoms with Crippen molar-refractivity contribution in [1.29, 1.82) is 0 Å². The topological polar surface area (TPSA) is 256 Å². The molecule has 0 aliphatic heterocycles. The zero-order valence-corrected chi connectivity index (χ0v) is 38.6. The van der Waals surface area contributed by atoms with Gasteiger partial charge >= 0.3 is 27.6 Å². The van der Waals surface area contributed by atoms with Crippen molar-refractivity contribution in [2.75, 3.05) is 13.2 Å². The summed E-state index contributed by atoms with van der Waals surface area (Å²) in [6.07, 6.45) is 20.0. The monoisotopic (exact) mass is 914 g/mol. The van der Waals surface area contributed by atoms with Crippen molar-refractivity contribution in [1.82, 2.24) is 0 Å². The Bertz CT molecular complexity index is 1290. The quantitative estimate of drug-likeness (QED) is 0.0133. The number of hydrogen-bond donors (Lipinski definition) is 7. The number of phosphoric acid groups is 2. The number of ether oxygens (including phenoxy) is 2. The van der Waals surface area contributed by atoms with Gasteiger partial charge in [-0.05, 0) is 38.5 Å². The van der Waals surface area contributed by atoms with Crippen molar-refractivity contribution in [3.8, 4) is 0 Å². The molecule has 16 nitrogen and oxygen atoms in total. The summed E-state index contributed by atoms with van der Waals surface area (Å²) in [5.74, 6) is -1.22. The zero-order chi connectivity index (χ0) is 45.4. The van der Waals surface area contributed by atoms with Crippen LogP contribution < -0.4 is 0 Å². The molecule has 0 saturated heterocycles. The van der Waals surface area contributed by atoms with Crippen LogP contribution in [0, 0.1) is 0 Å². The second kappa shape index (κ2) is 34.8. The summed E-state index contributed by atoms with van der Waals surface area (Å²) < 4.78 is 49.3. The summed E-state index contributed by atoms with van der Waals surface area (Å²) in [6, 6.07) is 0. The Labute approximate surface area is 364 Å². The highest BCUT2D eigenvalue weighted by Gasteiger charge is 2.54. The van der Waals surface area contributed by atoms with E-state index in [9.17, 15) is 44.0 Å². The number of allylic oxidation sites excluding steroid dienone is 4. The normalized spacial score (nSPS) is 22.4. The minimum atomic E-state index is -5.36. The number of carbonyl (C=O) groups is 2. The van der Waals surface area contributed by atoms with E-state index in [-0.39, 0.29) is 12.8 Å². The predicted octanol–water partition coefficient (Wildman–Crippen LogP) is 8.17. The van der Waals surface area contributed by atoms with Gasteiger partial charge in [-0.25, -0.2) is 9.13 Å². The maximum Gasteiger partial charge on any atom is 0.472 e. The van der Waals surface area contributed by atoms with Gasteiger partial charge in [-0.1, -0.05) is 154 Å². The molecule has 1 saturated carbocycles. The molecule has 0 spiro atoms. The van der Waals surface area contributed by atoms with Crippen LogP contribution in [0.4, 0.5) is 0 Å². The lowest BCUT2D eigenvalue weighted by atomic mass is 9.85. The van der Waals surface area contributed by atoms with Gasteiger partial charge in [-0.3, -0.25) is 23.2 Å². The summed E-state index contributed by atoms with van der Waals surface area (Å²) in [5, 5.41) is 41.2. The third kappa shape index (κ3) is 29.5. The maximum absolute atomic E-state index is 13.0. The number of aliphatic hydroxyl groups is 4. The summed E-state index contributed by atoms with van der Waals surface area (Å²) in [6.45, 7) is 3.03. The fourth-order valence-corrected chi connectivity index (χ4v) is 8.49. The first-order valence-electron chi connectivity index (χ1n) is 22.9. The first kappa shape index (κ1) is 57.5. The van der Waals surface area contributed by atoms with Crippen LogP contribution in [0.15, 0.2) is 24.3 Å². The van der Waals surface area contributed by atoms with Gasteiger partial charge in [0.25, 0.3) is 0 Å². The lowest BCUT2D eigenvalue weighted by Gasteiger charge is -2.43. The van der Waals surface area contributed by atoms with Crippen molar-refractivity contribution < 1.29 is 76.9 Å². The molecule has 0 aromatic rings. The zero-order valence-electron chi connectivity index (χ0n) is 36.8. The predicted molar refractivity (Wildman–Crippen MR) is 232 cm³/mol. The fraction of sp³-hybridized carbons (Fsp3) is 0.860. The van der Waals surface area contributed by atoms with E-state index in [0.29, 0.717) is 12.8 Å². The van der Waals surface area contributed by atoms with E-state index >= 15 is 0 Å². The molecule has 1 fully saturated rings. The van der Waals surface area contributed by atoms with Gasteiger partial charge in [0.15, 0.2) is 6.10 Å². The van der Waals surface area contributed by atoms with E-state index in [0.717, 1.165) is 77.0 Å². The number of aliphatic hydroxyl groups excluding tert-OH is 4. The second-order valence-electron chi connectivity index (χ2n) is 16.1. The standard InChI is InChI=1S/C43H80O16P2/c1-3-5-7-9-11-13-15-17-18-20-21-23-25-27-29-31-36(44)55-33-35(57-37(45)32-30-28-26-24-22-19-16-14-12-10-8-6-4-2)34-56-61(53,54)59-43-40(48)38(46)39(47)42(41(43)49)58-60(50,51)52/h8,10,14,16,35,38-43,46-49H,3-7,9,11-13,15,17-34H2,1-2H3,(H,53,54)(H2,50,51,52)/t35-,38?,39?,40?,41?,42-,43+/m1/s1. The maximum atomic E-state index is 13.0. The van der Waals surface area contributed by atoms with Crippen LogP contribution in [-0.4, -0.2) is 103 Å². The Balaban J connectivity index is 2.61. The van der Waals surface area contributed by atoms with Crippen LogP contribution >= 0.6 is 15.6 Å². The first-order chi connectivity index (χ1) is 29.1. The Kier molecular flexibility index (Phi) is 32.8. The Hall–Kier alpha value is -1.52. The minimum absolute atomic E-state index is 0.0302. The number of esters is 2. The van der Waals surface area contributed by atoms with E-state index in [1.54, 1.807) is 0 Å². The lowest BCUT2D eigenvalue weighted by molar-refractivity contribution is -0.216. The van der Waals surface area contributed by atoms with Crippen LogP contribution in [-0.2, 0) is 41.8 Å². The van der Waals surface area contributed by atoms with Gasteiger partial charge < -0.3 is 44.6 Å². The molecular weight excluding hydrogens is 834 g/mol. The smallest absolute Gasteiger partial charge is 0.462 e. The van der Waals surface area contributed by atoms with Gasteiger partial charge in [-0.15, -0.1) is 0 Å². The molecule has 0 heterocycles. The van der Waals surface area contributed by atoms with Gasteiger partial charge in [0, 0.05) is 12.8 Å². The molecule has 0 aromatic carbocycles. The number of hydrogen-bond acceptors (Lipinski definition) is 13. The van der Waals surface area contributed by atoms with Crippen LogP contribution in [0.2, 0.25) is 0 Å². The number of unbranched alkanes of at least 4 members (excludes halogenated alkanes) is 20. The van der Waals surface area contributed by atoms with E-state index in [2.05, 4.69) is 42.7 Å². The Morgan fingerprint density at radius 1 is 0.525 bits per heavy atom. The molecule has 1 aliphatic carbocycles. The van der Waals surface area contributed by atoms with Crippen LogP contribution in [0.5, 0.6) is 0 Å². The third-order valence-corrected chi connectivity index (χ3v) is 12.0. The van der Waals surface area contributed by atoms with Crippen LogP contribution in [0.1, 0.15) is 181 Å². The molecule has 61 heavy (non-hydrogen) atoms. The SMILES string of the molecule is CCCC=CCC=CCCCCCCCC(=O)O[C@H](COC(=O)CCCCCCCCCCCCCCCCC)COP(=O)(O)O[C@H]1C(O)C(O)C(O)[C@@H](OP(=O)(O)O)C1O. The van der Waals surface area contributed by atoms with E-state index in [1.807, 2.05) is 0 Å². The molecule has 358 valence electrons. The van der Waals surface area contributed by atoms with Gasteiger partial charge in [0.2, 0.25) is 0 Å². The molecule has 18 heteroatoms. The van der Waals surface area contributed by atoms with Crippen molar-refractivity contribution >= 4 is 27.6 Å². The van der Waals surface area contributed by atoms with Gasteiger partial charge in [-0.2, -0.15) is 0 Å². The van der Waals surface area contributed by atoms with E-state index in [4.69, 9.17) is 28.3 Å². The fourth-order valence-electron chi connectivity index (χ4n) is 6.95. The highest BCUT2D eigenvalue weighted by molar-refractivity contribution is 7.47. The molecule has 0 radical (unpaired) electrons. The molecule has 8 atom stereocenters. The molecule has 0 amide bonds. The van der Waals surface area contributed by atoms with Gasteiger partial charge in [0.05, 0.1) is 6.61 Å². The van der Waals surface area contributed by atoms with Crippen LogP contribution in [0.25, 0.3) is 0 Å². The van der Waals surface area contributed by atoms with Crippen molar-refractivity contribution in [3.63, 3.8) is 0 Å². The minimum Gasteiger partial charge on any atom is -0.462 e. The molecule has 1 rings (SSSR count). The van der Waals surface area contributed by atoms with Crippen molar-refractivity contribution in [3.05, 3.63) is 24.3 Å². The summed E-state index contributed by atoms with van der Waals surface area (Å²) in [4.78, 5) is 54.2. The lowest BCUT2D eigenvalue weighted by Crippen LogP contribution is -2.64. The number of rotatable bonds is 38. The van der Waals surface area contributed by atoms with Crippen molar-refractivity contribution in [2.24, 2.45) is 0 Å². The van der Waals surface area contributed by atoms with E-state index < -0.39 is 83.5 Å². The Morgan fingerprint density at radius 2 is 0.984 bits per heavy atom. The number of phosphoric ester groups is 2. The summed E-state index contributed by atoms with van der Waals surface area (Å²) in [5.41, 5.74) is 0. The average molecular weight is 915 g/mol. The molecule has 0 aromatic heterocycles. The summed E-state index contributed by atoms with van der Waals surface area (Å²) in [7, 11) is -10.7. The summed E-state index contributed by atoms with van der Waals surface area (Å²) >= 11 is 0. The highest BCUT2D eigenvalue weighted by atomic mass is 31.2. The first-order valence-corrected chi connectivity index (χ1v) is 25.9. The van der Waals surface area contributed by atoms with Crippen LogP contribution in [0.3, 0.4) is 0 Å². The van der Waals surface area contributed by atoms with Crippen molar-refractivity contribution in [2.45, 2.75) is 224 Å². The third-order valence-electron chi connectivity index (χ3n) is 10.5. The molecule has 5 unspecified atom stereocenters. The molecular formula is C43H80O16P2. The second-order valence-corrected chi connectivity index (χ2v) is 18.7. The Morgan fingerprint density at radius 3 is 1.49 bits per heavy atom. The molecule has 7 N–H and O–H groups in total. The average Bonchev–Trinajstić information content (AvgIpc) is 3.21. The number of carbonyl (C=O) groups excluding carboxylic acids is 2. The molecule has 1 aliphatic rings.